The van der Waals surface area contributed by atoms with Crippen LogP contribution in [-0.2, 0) is 0 Å². The standard InChI is InChI=1S/C13H17N3S/c1-2-5-13(6-3-1)16-9-4-12-17(16)15-10-7-14-8-11-15/h1-6,9,12,14H,7-8,10-11H2. The summed E-state index contributed by atoms with van der Waals surface area (Å²) in [5, 5.41) is 5.71. The molecule has 2 aliphatic rings. The number of anilines is 1. The molecule has 0 aromatic heterocycles. The molecule has 1 N–H and O–H groups in total. The van der Waals surface area contributed by atoms with Gasteiger partial charge in [0, 0.05) is 32.4 Å². The highest BCUT2D eigenvalue weighted by atomic mass is 32.2. The molecule has 0 bridgehead atoms. The highest BCUT2D eigenvalue weighted by Gasteiger charge is 2.19. The molecule has 0 saturated carbocycles. The molecule has 0 spiro atoms. The quantitative estimate of drug-likeness (QED) is 0.804. The van der Waals surface area contributed by atoms with Gasteiger partial charge in [-0.25, -0.2) is 4.31 Å². The monoisotopic (exact) mass is 247 g/mol. The largest absolute Gasteiger partial charge is 0.314 e. The Bertz CT molecular complexity index is 435. The van der Waals surface area contributed by atoms with Gasteiger partial charge in [-0.15, -0.1) is 0 Å². The second kappa shape index (κ2) is 5.04. The van der Waals surface area contributed by atoms with E-state index in [4.69, 9.17) is 0 Å². The van der Waals surface area contributed by atoms with Crippen molar-refractivity contribution in [3.63, 3.8) is 0 Å². The minimum atomic E-state index is 0.0881. The number of piperazine rings is 1. The van der Waals surface area contributed by atoms with E-state index in [1.807, 2.05) is 0 Å². The van der Waals surface area contributed by atoms with Crippen LogP contribution in [0.25, 0.3) is 0 Å². The van der Waals surface area contributed by atoms with Gasteiger partial charge in [0.2, 0.25) is 0 Å². The molecule has 1 atom stereocenters. The Kier molecular flexibility index (Phi) is 3.27. The molecule has 1 fully saturated rings. The molecular formula is C13H17N3S. The van der Waals surface area contributed by atoms with E-state index in [0.29, 0.717) is 0 Å². The van der Waals surface area contributed by atoms with Crippen molar-refractivity contribution in [1.82, 2.24) is 9.62 Å². The summed E-state index contributed by atoms with van der Waals surface area (Å²) in [6.07, 6.45) is 4.35. The molecule has 17 heavy (non-hydrogen) atoms. The highest BCUT2D eigenvalue weighted by molar-refractivity contribution is 8.14. The molecule has 2 aliphatic heterocycles. The summed E-state index contributed by atoms with van der Waals surface area (Å²) in [6.45, 7) is 4.45. The maximum absolute atomic E-state index is 3.40. The van der Waals surface area contributed by atoms with Crippen LogP contribution in [0.3, 0.4) is 0 Å². The molecule has 1 unspecified atom stereocenters. The Morgan fingerprint density at radius 1 is 1.06 bits per heavy atom. The van der Waals surface area contributed by atoms with Crippen LogP contribution in [0.5, 0.6) is 0 Å². The lowest BCUT2D eigenvalue weighted by Gasteiger charge is -2.34. The van der Waals surface area contributed by atoms with Gasteiger partial charge in [-0.1, -0.05) is 18.2 Å². The zero-order valence-corrected chi connectivity index (χ0v) is 10.6. The normalized spacial score (nSPS) is 24.9. The van der Waals surface area contributed by atoms with E-state index in [0.717, 1.165) is 26.2 Å². The van der Waals surface area contributed by atoms with Crippen molar-refractivity contribution in [2.45, 2.75) is 0 Å². The molecule has 2 heterocycles. The SMILES string of the molecule is C1=CN(c2ccccc2)S(N2CCNCC2)=C1. The second-order valence-corrected chi connectivity index (χ2v) is 5.88. The highest BCUT2D eigenvalue weighted by Crippen LogP contribution is 2.34. The zero-order chi connectivity index (χ0) is 11.5. The lowest BCUT2D eigenvalue weighted by atomic mass is 10.3. The first-order valence-corrected chi connectivity index (χ1v) is 7.20. The Morgan fingerprint density at radius 3 is 2.59 bits per heavy atom. The van der Waals surface area contributed by atoms with E-state index in [-0.39, 0.29) is 10.9 Å². The molecule has 3 rings (SSSR count). The Balaban J connectivity index is 1.81. The van der Waals surface area contributed by atoms with Gasteiger partial charge in [-0.05, 0) is 34.4 Å². The summed E-state index contributed by atoms with van der Waals surface area (Å²) in [4.78, 5) is 0. The first kappa shape index (κ1) is 11.0. The molecule has 1 aromatic carbocycles. The smallest absolute Gasteiger partial charge is 0.0525 e. The van der Waals surface area contributed by atoms with E-state index < -0.39 is 0 Å². The molecule has 3 nitrogen and oxygen atoms in total. The zero-order valence-electron chi connectivity index (χ0n) is 9.75. The molecule has 1 aromatic rings. The van der Waals surface area contributed by atoms with Crippen LogP contribution >= 0.6 is 10.9 Å². The first-order valence-electron chi connectivity index (χ1n) is 6.00. The number of benzene rings is 1. The van der Waals surface area contributed by atoms with Crippen LogP contribution in [0.2, 0.25) is 0 Å². The van der Waals surface area contributed by atoms with Gasteiger partial charge in [0.25, 0.3) is 0 Å². The topological polar surface area (TPSA) is 18.5 Å². The van der Waals surface area contributed by atoms with Crippen LogP contribution in [0, 0.1) is 0 Å². The van der Waals surface area contributed by atoms with E-state index >= 15 is 0 Å². The molecule has 90 valence electrons. The van der Waals surface area contributed by atoms with Crippen LogP contribution < -0.4 is 9.62 Å². The number of rotatable bonds is 2. The number of nitrogens with zero attached hydrogens (tertiary/aromatic N) is 2. The van der Waals surface area contributed by atoms with E-state index in [1.165, 1.54) is 5.69 Å². The van der Waals surface area contributed by atoms with Crippen molar-refractivity contribution in [2.24, 2.45) is 0 Å². The summed E-state index contributed by atoms with van der Waals surface area (Å²) in [5.41, 5.74) is 1.28. The van der Waals surface area contributed by atoms with Crippen LogP contribution in [0.15, 0.2) is 42.6 Å². The molecule has 4 heteroatoms. The summed E-state index contributed by atoms with van der Waals surface area (Å²) in [7, 11) is 0.0881. The van der Waals surface area contributed by atoms with Crippen molar-refractivity contribution >= 4 is 21.9 Å². The third kappa shape index (κ3) is 2.29. The molecule has 0 aliphatic carbocycles. The van der Waals surface area contributed by atoms with Crippen LogP contribution in [0.4, 0.5) is 5.69 Å². The van der Waals surface area contributed by atoms with Crippen molar-refractivity contribution in [3.8, 4) is 0 Å². The maximum atomic E-state index is 3.40. The maximum Gasteiger partial charge on any atom is 0.0525 e. The summed E-state index contributed by atoms with van der Waals surface area (Å²) < 4.78 is 4.91. The van der Waals surface area contributed by atoms with Gasteiger partial charge in [-0.3, -0.25) is 4.31 Å². The van der Waals surface area contributed by atoms with Crippen LogP contribution in [0.1, 0.15) is 0 Å². The third-order valence-electron chi connectivity index (χ3n) is 2.97. The van der Waals surface area contributed by atoms with Crippen molar-refractivity contribution < 1.29 is 0 Å². The van der Waals surface area contributed by atoms with Gasteiger partial charge >= 0.3 is 0 Å². The lowest BCUT2D eigenvalue weighted by molar-refractivity contribution is 0.395. The number of allylic oxidation sites excluding steroid dienone is 1. The minimum absolute atomic E-state index is 0.0881. The Morgan fingerprint density at radius 2 is 1.82 bits per heavy atom. The van der Waals surface area contributed by atoms with Gasteiger partial charge in [0.15, 0.2) is 0 Å². The Labute approximate surface area is 105 Å². The van der Waals surface area contributed by atoms with E-state index in [1.54, 1.807) is 0 Å². The predicted octanol–water partition coefficient (Wildman–Crippen LogP) is 1.83. The number of hydrogen-bond donors (Lipinski definition) is 1. The third-order valence-corrected chi connectivity index (χ3v) is 5.00. The molecule has 0 radical (unpaired) electrons. The molecular weight excluding hydrogens is 230 g/mol. The minimum Gasteiger partial charge on any atom is -0.314 e. The van der Waals surface area contributed by atoms with Gasteiger partial charge in [0.05, 0.1) is 5.69 Å². The van der Waals surface area contributed by atoms with E-state index in [9.17, 15) is 0 Å². The second-order valence-electron chi connectivity index (χ2n) is 4.11. The summed E-state index contributed by atoms with van der Waals surface area (Å²) in [5.74, 6) is 0. The fourth-order valence-corrected chi connectivity index (χ4v) is 3.97. The first-order chi connectivity index (χ1) is 8.45. The summed E-state index contributed by atoms with van der Waals surface area (Å²) in [6, 6.07) is 10.6. The predicted molar refractivity (Wildman–Crippen MR) is 76.2 cm³/mol. The van der Waals surface area contributed by atoms with Crippen LogP contribution in [-0.4, -0.2) is 35.9 Å². The lowest BCUT2D eigenvalue weighted by Crippen LogP contribution is -2.42. The Hall–Kier alpha value is -1.10. The molecule has 0 amide bonds. The van der Waals surface area contributed by atoms with Crippen molar-refractivity contribution in [1.29, 1.82) is 0 Å². The number of para-hydroxylation sites is 1. The van der Waals surface area contributed by atoms with Gasteiger partial charge < -0.3 is 5.32 Å². The van der Waals surface area contributed by atoms with Crippen molar-refractivity contribution in [2.75, 3.05) is 30.5 Å². The fraction of sp³-hybridized carbons (Fsp3) is 0.308. The van der Waals surface area contributed by atoms with Gasteiger partial charge in [0.1, 0.15) is 0 Å². The number of nitrogens with one attached hydrogen (secondary N) is 1. The summed E-state index contributed by atoms with van der Waals surface area (Å²) >= 11 is 0. The van der Waals surface area contributed by atoms with Gasteiger partial charge in [-0.2, -0.15) is 0 Å². The molecule has 1 saturated heterocycles. The average Bonchev–Trinajstić information content (AvgIpc) is 2.90. The van der Waals surface area contributed by atoms with E-state index in [2.05, 4.69) is 61.9 Å². The fourth-order valence-electron chi connectivity index (χ4n) is 2.12. The number of hydrogen-bond acceptors (Lipinski definition) is 3. The van der Waals surface area contributed by atoms with Crippen molar-refractivity contribution in [3.05, 3.63) is 42.6 Å². The average molecular weight is 247 g/mol.